The fraction of sp³-hybridized carbons (Fsp3) is 0.211. The van der Waals surface area contributed by atoms with Gasteiger partial charge in [-0.3, -0.25) is 4.98 Å². The summed E-state index contributed by atoms with van der Waals surface area (Å²) < 4.78 is 0. The second-order valence-electron chi connectivity index (χ2n) is 5.77. The van der Waals surface area contributed by atoms with Gasteiger partial charge in [0.15, 0.2) is 0 Å². The van der Waals surface area contributed by atoms with Crippen molar-refractivity contribution in [1.29, 1.82) is 0 Å². The topological polar surface area (TPSA) is 62.7 Å². The molecule has 3 aromatic rings. The van der Waals surface area contributed by atoms with E-state index in [1.54, 1.807) is 12.3 Å². The van der Waals surface area contributed by atoms with E-state index in [1.165, 1.54) is 0 Å². The number of aromatic nitrogens is 3. The van der Waals surface area contributed by atoms with Crippen molar-refractivity contribution in [2.75, 3.05) is 17.2 Å². The monoisotopic (exact) mass is 387 g/mol. The Labute approximate surface area is 162 Å². The highest BCUT2D eigenvalue weighted by Crippen LogP contribution is 2.21. The molecule has 0 amide bonds. The second kappa shape index (κ2) is 8.83. The van der Waals surface area contributed by atoms with Gasteiger partial charge >= 0.3 is 0 Å². The third-order valence-corrected chi connectivity index (χ3v) is 4.32. The van der Waals surface area contributed by atoms with Crippen LogP contribution in [0.1, 0.15) is 17.1 Å². The van der Waals surface area contributed by atoms with Gasteiger partial charge < -0.3 is 10.6 Å². The van der Waals surface area contributed by atoms with Crippen molar-refractivity contribution in [2.45, 2.75) is 19.9 Å². The molecule has 0 bridgehead atoms. The smallest absolute Gasteiger partial charge is 0.132 e. The molecule has 0 aliphatic rings. The van der Waals surface area contributed by atoms with E-state index in [4.69, 9.17) is 23.2 Å². The van der Waals surface area contributed by atoms with Crippen LogP contribution in [0, 0.1) is 6.92 Å². The largest absolute Gasteiger partial charge is 0.370 e. The SMILES string of the molecule is Cc1nc(NCCc2ccc(Cl)cc2Cl)cc(NCc2ccccn2)n1. The van der Waals surface area contributed by atoms with E-state index in [-0.39, 0.29) is 0 Å². The van der Waals surface area contributed by atoms with Crippen LogP contribution in [0.15, 0.2) is 48.7 Å². The Bertz CT molecular complexity index is 871. The maximum atomic E-state index is 6.21. The van der Waals surface area contributed by atoms with Crippen LogP contribution in [0.3, 0.4) is 0 Å². The van der Waals surface area contributed by atoms with E-state index in [0.717, 1.165) is 29.3 Å². The first-order valence-electron chi connectivity index (χ1n) is 8.27. The minimum absolute atomic E-state index is 0.608. The molecule has 1 aromatic carbocycles. The highest BCUT2D eigenvalue weighted by atomic mass is 35.5. The molecule has 0 fully saturated rings. The number of aryl methyl sites for hydroxylation is 1. The number of hydrogen-bond acceptors (Lipinski definition) is 5. The highest BCUT2D eigenvalue weighted by molar-refractivity contribution is 6.35. The van der Waals surface area contributed by atoms with Crippen LogP contribution in [0.2, 0.25) is 10.0 Å². The van der Waals surface area contributed by atoms with Gasteiger partial charge in [0.1, 0.15) is 17.5 Å². The molecule has 5 nitrogen and oxygen atoms in total. The van der Waals surface area contributed by atoms with Crippen LogP contribution in [0.4, 0.5) is 11.6 Å². The molecule has 3 rings (SSSR count). The van der Waals surface area contributed by atoms with Crippen molar-refractivity contribution < 1.29 is 0 Å². The molecule has 0 aliphatic carbocycles. The number of nitrogens with zero attached hydrogens (tertiary/aromatic N) is 3. The van der Waals surface area contributed by atoms with E-state index < -0.39 is 0 Å². The molecule has 2 N–H and O–H groups in total. The highest BCUT2D eigenvalue weighted by Gasteiger charge is 2.04. The predicted molar refractivity (Wildman–Crippen MR) is 107 cm³/mol. The summed E-state index contributed by atoms with van der Waals surface area (Å²) in [6.45, 7) is 3.18. The zero-order chi connectivity index (χ0) is 18.4. The van der Waals surface area contributed by atoms with Crippen molar-refractivity contribution in [3.8, 4) is 0 Å². The Morgan fingerprint density at radius 2 is 1.77 bits per heavy atom. The Balaban J connectivity index is 1.58. The van der Waals surface area contributed by atoms with Crippen LogP contribution in [0.25, 0.3) is 0 Å². The average molecular weight is 388 g/mol. The summed E-state index contributed by atoms with van der Waals surface area (Å²) in [5.74, 6) is 2.23. The van der Waals surface area contributed by atoms with Crippen molar-refractivity contribution in [2.24, 2.45) is 0 Å². The second-order valence-corrected chi connectivity index (χ2v) is 6.62. The molecule has 0 atom stereocenters. The van der Waals surface area contributed by atoms with Crippen molar-refractivity contribution in [3.05, 3.63) is 75.8 Å². The fourth-order valence-corrected chi connectivity index (χ4v) is 2.99. The summed E-state index contributed by atoms with van der Waals surface area (Å²) in [5, 5.41) is 7.91. The molecule has 26 heavy (non-hydrogen) atoms. The first-order valence-corrected chi connectivity index (χ1v) is 9.03. The van der Waals surface area contributed by atoms with Gasteiger partial charge in [-0.15, -0.1) is 0 Å². The molecule has 2 heterocycles. The summed E-state index contributed by atoms with van der Waals surface area (Å²) in [5.41, 5.74) is 2.00. The van der Waals surface area contributed by atoms with Crippen LogP contribution in [-0.2, 0) is 13.0 Å². The lowest BCUT2D eigenvalue weighted by Gasteiger charge is -2.11. The van der Waals surface area contributed by atoms with Crippen LogP contribution < -0.4 is 10.6 Å². The molecule has 0 radical (unpaired) electrons. The normalized spacial score (nSPS) is 10.6. The zero-order valence-corrected chi connectivity index (χ0v) is 15.8. The summed E-state index contributed by atoms with van der Waals surface area (Å²) in [4.78, 5) is 13.1. The third-order valence-electron chi connectivity index (χ3n) is 3.73. The van der Waals surface area contributed by atoms with Crippen molar-refractivity contribution >= 4 is 34.8 Å². The first-order chi connectivity index (χ1) is 12.6. The minimum Gasteiger partial charge on any atom is -0.370 e. The molecule has 0 aliphatic heterocycles. The molecule has 0 unspecified atom stereocenters. The van der Waals surface area contributed by atoms with E-state index in [1.807, 2.05) is 43.3 Å². The minimum atomic E-state index is 0.608. The molecule has 0 saturated carbocycles. The average Bonchev–Trinajstić information content (AvgIpc) is 2.62. The van der Waals surface area contributed by atoms with Gasteiger partial charge in [-0.05, 0) is 43.2 Å². The van der Waals surface area contributed by atoms with Gasteiger partial charge in [-0.2, -0.15) is 0 Å². The number of benzene rings is 1. The van der Waals surface area contributed by atoms with Crippen LogP contribution in [0.5, 0.6) is 0 Å². The van der Waals surface area contributed by atoms with Crippen molar-refractivity contribution in [3.63, 3.8) is 0 Å². The van der Waals surface area contributed by atoms with E-state index in [2.05, 4.69) is 25.6 Å². The van der Waals surface area contributed by atoms with Gasteiger partial charge in [-0.1, -0.05) is 35.3 Å². The number of nitrogens with one attached hydrogen (secondary N) is 2. The van der Waals surface area contributed by atoms with E-state index >= 15 is 0 Å². The molecular weight excluding hydrogens is 369 g/mol. The maximum Gasteiger partial charge on any atom is 0.132 e. The van der Waals surface area contributed by atoms with Crippen LogP contribution in [-0.4, -0.2) is 21.5 Å². The summed E-state index contributed by atoms with van der Waals surface area (Å²) in [7, 11) is 0. The lowest BCUT2D eigenvalue weighted by molar-refractivity contribution is 0.968. The molecule has 0 saturated heterocycles. The summed E-state index contributed by atoms with van der Waals surface area (Å²) in [6, 6.07) is 13.3. The van der Waals surface area contributed by atoms with Gasteiger partial charge in [-0.25, -0.2) is 9.97 Å². The predicted octanol–water partition coefficient (Wildman–Crippen LogP) is 4.75. The van der Waals surface area contributed by atoms with E-state index in [0.29, 0.717) is 29.0 Å². The van der Waals surface area contributed by atoms with E-state index in [9.17, 15) is 0 Å². The number of halogens is 2. The lowest BCUT2D eigenvalue weighted by atomic mass is 10.1. The Morgan fingerprint density at radius 1 is 0.962 bits per heavy atom. The quantitative estimate of drug-likeness (QED) is 0.612. The molecule has 7 heteroatoms. The molecule has 2 aromatic heterocycles. The van der Waals surface area contributed by atoms with Crippen LogP contribution >= 0.6 is 23.2 Å². The summed E-state index contributed by atoms with van der Waals surface area (Å²) in [6.07, 6.45) is 2.55. The maximum absolute atomic E-state index is 6.21. The molecular formula is C19H19Cl2N5. The Kier molecular flexibility index (Phi) is 6.26. The number of rotatable bonds is 7. The Morgan fingerprint density at radius 3 is 2.50 bits per heavy atom. The number of anilines is 2. The van der Waals surface area contributed by atoms with Gasteiger partial charge in [0, 0.05) is 28.9 Å². The molecule has 134 valence electrons. The first kappa shape index (κ1) is 18.4. The third kappa shape index (κ3) is 5.31. The standard InChI is InChI=1S/C19H19Cl2N5/c1-13-25-18(23-9-7-14-5-6-15(20)10-17(14)21)11-19(26-13)24-12-16-4-2-3-8-22-16/h2-6,8,10-11H,7,9,12H2,1H3,(H2,23,24,25,26). The number of hydrogen-bond donors (Lipinski definition) is 2. The lowest BCUT2D eigenvalue weighted by Crippen LogP contribution is -2.10. The zero-order valence-electron chi connectivity index (χ0n) is 14.3. The Hall–Kier alpha value is -2.37. The number of pyridine rings is 1. The fourth-order valence-electron chi connectivity index (χ4n) is 2.48. The summed E-state index contributed by atoms with van der Waals surface area (Å²) >= 11 is 12.1. The van der Waals surface area contributed by atoms with Crippen molar-refractivity contribution in [1.82, 2.24) is 15.0 Å². The van der Waals surface area contributed by atoms with Gasteiger partial charge in [0.25, 0.3) is 0 Å². The van der Waals surface area contributed by atoms with Gasteiger partial charge in [0.05, 0.1) is 12.2 Å². The van der Waals surface area contributed by atoms with Gasteiger partial charge in [0.2, 0.25) is 0 Å². The molecule has 0 spiro atoms.